The lowest BCUT2D eigenvalue weighted by atomic mass is 10.1. The van der Waals surface area contributed by atoms with Crippen LogP contribution in [0.25, 0.3) is 16.9 Å². The number of methoxy groups -OCH3 is 3. The lowest BCUT2D eigenvalue weighted by Crippen LogP contribution is -2.16. The summed E-state index contributed by atoms with van der Waals surface area (Å²) < 4.78 is 18.3. The molecule has 2 heterocycles. The molecule has 0 bridgehead atoms. The zero-order valence-electron chi connectivity index (χ0n) is 17.1. The van der Waals surface area contributed by atoms with Crippen molar-refractivity contribution < 1.29 is 14.2 Å². The number of amidine groups is 1. The zero-order chi connectivity index (χ0) is 20.2. The molecule has 0 saturated carbocycles. The third kappa shape index (κ3) is 4.44. The molecule has 0 aliphatic carbocycles. The molecule has 1 aliphatic heterocycles. The van der Waals surface area contributed by atoms with E-state index in [1.54, 1.807) is 32.7 Å². The largest absolute Gasteiger partial charge is 0.497 e. The predicted molar refractivity (Wildman–Crippen MR) is 126 cm³/mol. The Bertz CT molecular complexity index is 1100. The molecule has 0 unspecified atom stereocenters. The topological polar surface area (TPSA) is 57.3 Å². The molecule has 0 N–H and O–H groups in total. The summed E-state index contributed by atoms with van der Waals surface area (Å²) in [4.78, 5) is 10.2. The third-order valence-corrected chi connectivity index (χ3v) is 5.62. The van der Waals surface area contributed by atoms with Crippen LogP contribution in [0, 0.1) is 0 Å². The fraction of sp³-hybridized carbons (Fsp3) is 0.273. The first-order chi connectivity index (χ1) is 14.2. The van der Waals surface area contributed by atoms with Crippen LogP contribution in [0.1, 0.15) is 12.8 Å². The van der Waals surface area contributed by atoms with E-state index in [4.69, 9.17) is 19.2 Å². The second-order valence-electron chi connectivity index (χ2n) is 6.52. The molecule has 0 saturated heterocycles. The van der Waals surface area contributed by atoms with Crippen molar-refractivity contribution in [2.24, 2.45) is 9.98 Å². The van der Waals surface area contributed by atoms with E-state index >= 15 is 0 Å². The number of aromatic nitrogens is 1. The van der Waals surface area contributed by atoms with Crippen LogP contribution >= 0.6 is 28.3 Å². The third-order valence-electron chi connectivity index (χ3n) is 4.80. The monoisotopic (exact) mass is 489 g/mol. The van der Waals surface area contributed by atoms with E-state index in [2.05, 4.69) is 14.9 Å². The summed E-state index contributed by atoms with van der Waals surface area (Å²) in [5, 5.41) is 2.11. The van der Waals surface area contributed by atoms with Crippen LogP contribution in [-0.2, 0) is 0 Å². The first-order valence-electron chi connectivity index (χ1n) is 9.39. The van der Waals surface area contributed by atoms with E-state index in [-0.39, 0.29) is 17.0 Å². The van der Waals surface area contributed by atoms with Crippen molar-refractivity contribution in [3.8, 4) is 34.2 Å². The lowest BCUT2D eigenvalue weighted by Gasteiger charge is -2.13. The molecule has 6 nitrogen and oxygen atoms in total. The number of halogens is 1. The molecule has 0 radical (unpaired) electrons. The maximum absolute atomic E-state index is 5.50. The summed E-state index contributed by atoms with van der Waals surface area (Å²) >= 11 is 1.60. The molecule has 0 spiro atoms. The summed E-state index contributed by atoms with van der Waals surface area (Å²) in [5.41, 5.74) is 3.05. The number of hydrogen-bond donors (Lipinski definition) is 0. The molecule has 4 rings (SSSR count). The standard InChI is InChI=1S/C22H23N3O3S.BrH/c1-26-17-9-7-16(8-10-17)25-18(14-29-22(25)24-21-5-4-12-23-21)15-6-11-19(27-2)20(13-15)28-3;/h6-11,13-14H,4-5,12H2,1-3H3;1H. The maximum Gasteiger partial charge on any atom is 0.196 e. The van der Waals surface area contributed by atoms with Gasteiger partial charge in [-0.3, -0.25) is 9.56 Å². The van der Waals surface area contributed by atoms with Gasteiger partial charge in [0.15, 0.2) is 16.3 Å². The Labute approximate surface area is 190 Å². The molecule has 158 valence electrons. The molecule has 0 atom stereocenters. The minimum atomic E-state index is 0. The van der Waals surface area contributed by atoms with Gasteiger partial charge in [-0.1, -0.05) is 0 Å². The average molecular weight is 490 g/mol. The summed E-state index contributed by atoms with van der Waals surface area (Å²) in [6, 6.07) is 13.9. The number of rotatable bonds is 5. The van der Waals surface area contributed by atoms with Gasteiger partial charge in [-0.25, -0.2) is 4.99 Å². The van der Waals surface area contributed by atoms with Crippen molar-refractivity contribution in [3.05, 3.63) is 52.6 Å². The highest BCUT2D eigenvalue weighted by molar-refractivity contribution is 8.93. The molecule has 2 aromatic carbocycles. The fourth-order valence-electron chi connectivity index (χ4n) is 3.29. The van der Waals surface area contributed by atoms with Gasteiger partial charge in [0.2, 0.25) is 0 Å². The Hall–Kier alpha value is -2.58. The summed E-state index contributed by atoms with van der Waals surface area (Å²) in [5.74, 6) is 3.12. The SMILES string of the molecule is Br.COc1ccc(-n2c(-c3ccc(OC)c(OC)c3)csc2=NC2=NCCC2)cc1. The van der Waals surface area contributed by atoms with Gasteiger partial charge in [0.05, 0.1) is 27.0 Å². The molecule has 1 aliphatic rings. The predicted octanol–water partition coefficient (Wildman–Crippen LogP) is 4.90. The Morgan fingerprint density at radius 3 is 2.37 bits per heavy atom. The van der Waals surface area contributed by atoms with E-state index in [1.165, 1.54) is 0 Å². The van der Waals surface area contributed by atoms with E-state index in [0.29, 0.717) is 11.5 Å². The second-order valence-corrected chi connectivity index (χ2v) is 7.36. The smallest absolute Gasteiger partial charge is 0.196 e. The number of hydrogen-bond acceptors (Lipinski definition) is 6. The van der Waals surface area contributed by atoms with E-state index in [0.717, 1.165) is 52.7 Å². The molecule has 0 amide bonds. The van der Waals surface area contributed by atoms with Crippen molar-refractivity contribution in [3.63, 3.8) is 0 Å². The number of nitrogens with zero attached hydrogens (tertiary/aromatic N) is 3. The van der Waals surface area contributed by atoms with Crippen LogP contribution in [0.2, 0.25) is 0 Å². The number of ether oxygens (including phenoxy) is 3. The molecule has 0 fully saturated rings. The minimum absolute atomic E-state index is 0. The first kappa shape index (κ1) is 22.1. The second kappa shape index (κ2) is 9.95. The van der Waals surface area contributed by atoms with Crippen LogP contribution in [0.3, 0.4) is 0 Å². The highest BCUT2D eigenvalue weighted by Gasteiger charge is 2.14. The van der Waals surface area contributed by atoms with Crippen molar-refractivity contribution in [2.45, 2.75) is 12.8 Å². The molecular weight excluding hydrogens is 466 g/mol. The summed E-state index contributed by atoms with van der Waals surface area (Å²) in [6.45, 7) is 0.856. The highest BCUT2D eigenvalue weighted by atomic mass is 79.9. The maximum atomic E-state index is 5.50. The molecule has 30 heavy (non-hydrogen) atoms. The van der Waals surface area contributed by atoms with Crippen molar-refractivity contribution in [1.29, 1.82) is 0 Å². The Balaban J connectivity index is 0.00000256. The van der Waals surface area contributed by atoms with Gasteiger partial charge in [-0.15, -0.1) is 28.3 Å². The average Bonchev–Trinajstić information content (AvgIpc) is 3.43. The van der Waals surface area contributed by atoms with Crippen molar-refractivity contribution in [1.82, 2.24) is 4.57 Å². The molecule has 3 aromatic rings. The normalized spacial score (nSPS) is 13.6. The molecule has 1 aromatic heterocycles. The quantitative estimate of drug-likeness (QED) is 0.511. The van der Waals surface area contributed by atoms with Crippen LogP contribution in [0.5, 0.6) is 17.2 Å². The first-order valence-corrected chi connectivity index (χ1v) is 10.3. The zero-order valence-corrected chi connectivity index (χ0v) is 19.7. The fourth-order valence-corrected chi connectivity index (χ4v) is 4.22. The van der Waals surface area contributed by atoms with E-state index in [1.807, 2.05) is 42.5 Å². The minimum Gasteiger partial charge on any atom is -0.497 e. The Morgan fingerprint density at radius 1 is 0.967 bits per heavy atom. The van der Waals surface area contributed by atoms with Crippen LogP contribution in [0.4, 0.5) is 0 Å². The van der Waals surface area contributed by atoms with Crippen molar-refractivity contribution >= 4 is 34.2 Å². The summed E-state index contributed by atoms with van der Waals surface area (Å²) in [7, 11) is 4.95. The van der Waals surface area contributed by atoms with Gasteiger partial charge in [0.25, 0.3) is 0 Å². The molecular formula is C22H24BrN3O3S. The van der Waals surface area contributed by atoms with Gasteiger partial charge in [-0.05, 0) is 48.9 Å². The van der Waals surface area contributed by atoms with Gasteiger partial charge in [0, 0.05) is 29.6 Å². The van der Waals surface area contributed by atoms with Crippen LogP contribution in [-0.4, -0.2) is 38.3 Å². The van der Waals surface area contributed by atoms with E-state index < -0.39 is 0 Å². The number of aliphatic imine (C=N–C) groups is 1. The molecule has 8 heteroatoms. The van der Waals surface area contributed by atoms with Gasteiger partial charge >= 0.3 is 0 Å². The van der Waals surface area contributed by atoms with Gasteiger partial charge < -0.3 is 14.2 Å². The Kier molecular flexibility index (Phi) is 7.33. The number of thiazole rings is 1. The highest BCUT2D eigenvalue weighted by Crippen LogP contribution is 2.33. The lowest BCUT2D eigenvalue weighted by molar-refractivity contribution is 0.355. The van der Waals surface area contributed by atoms with Crippen molar-refractivity contribution in [2.75, 3.05) is 27.9 Å². The number of benzene rings is 2. The van der Waals surface area contributed by atoms with Gasteiger partial charge in [0.1, 0.15) is 11.6 Å². The van der Waals surface area contributed by atoms with Gasteiger partial charge in [-0.2, -0.15) is 0 Å². The summed E-state index contributed by atoms with van der Waals surface area (Å²) in [6.07, 6.45) is 1.99. The Morgan fingerprint density at radius 2 is 1.73 bits per heavy atom. The van der Waals surface area contributed by atoms with E-state index in [9.17, 15) is 0 Å². The van der Waals surface area contributed by atoms with Crippen LogP contribution < -0.4 is 19.0 Å². The van der Waals surface area contributed by atoms with Crippen LogP contribution in [0.15, 0.2) is 57.8 Å².